The van der Waals surface area contributed by atoms with Crippen LogP contribution in [0, 0.1) is 6.92 Å². The maximum Gasteiger partial charge on any atom is 0.507 e. The molecule has 0 aliphatic carbocycles. The Morgan fingerprint density at radius 2 is 1.80 bits per heavy atom. The van der Waals surface area contributed by atoms with Gasteiger partial charge in [-0.3, -0.25) is 0 Å². The Labute approximate surface area is 123 Å². The second-order valence-corrected chi connectivity index (χ2v) is 7.14. The van der Waals surface area contributed by atoms with E-state index in [4.69, 9.17) is 9.31 Å². The minimum absolute atomic E-state index is 0.329. The molecular weight excluding hydrogens is 273 g/mol. The standard InChI is InChI=1S/C13H18BN3O2S/c1-9-6-16-17(8-9)11-15-7-10(20-11)14-18-12(2,3)13(4,5)19-14/h6-8H,1-5H3. The first-order valence-electron chi connectivity index (χ1n) is 6.61. The molecule has 0 N–H and O–H groups in total. The summed E-state index contributed by atoms with van der Waals surface area (Å²) < 4.78 is 14.8. The van der Waals surface area contributed by atoms with Crippen LogP contribution in [0.1, 0.15) is 33.3 Å². The molecule has 20 heavy (non-hydrogen) atoms. The molecule has 5 nitrogen and oxygen atoms in total. The molecule has 106 valence electrons. The van der Waals surface area contributed by atoms with Crippen molar-refractivity contribution in [1.29, 1.82) is 0 Å². The Kier molecular flexibility index (Phi) is 3.04. The van der Waals surface area contributed by atoms with Gasteiger partial charge in [-0.25, -0.2) is 9.67 Å². The van der Waals surface area contributed by atoms with Crippen molar-refractivity contribution in [1.82, 2.24) is 14.8 Å². The van der Waals surface area contributed by atoms with Crippen molar-refractivity contribution in [2.75, 3.05) is 0 Å². The third-order valence-electron chi connectivity index (χ3n) is 3.90. The van der Waals surface area contributed by atoms with Crippen LogP contribution < -0.4 is 4.78 Å². The van der Waals surface area contributed by atoms with E-state index in [1.54, 1.807) is 10.9 Å². The van der Waals surface area contributed by atoms with Crippen LogP contribution in [-0.2, 0) is 9.31 Å². The summed E-state index contributed by atoms with van der Waals surface area (Å²) in [7, 11) is -0.358. The summed E-state index contributed by atoms with van der Waals surface area (Å²) in [6.07, 6.45) is 5.57. The number of rotatable bonds is 2. The fraction of sp³-hybridized carbons (Fsp3) is 0.538. The summed E-state index contributed by atoms with van der Waals surface area (Å²) in [4.78, 5) is 4.40. The van der Waals surface area contributed by atoms with Gasteiger partial charge in [0.25, 0.3) is 0 Å². The van der Waals surface area contributed by atoms with Gasteiger partial charge in [0.2, 0.25) is 5.13 Å². The van der Waals surface area contributed by atoms with Crippen LogP contribution in [0.25, 0.3) is 5.13 Å². The molecule has 2 aromatic rings. The second-order valence-electron chi connectivity index (χ2n) is 6.10. The molecule has 1 fully saturated rings. The van der Waals surface area contributed by atoms with Gasteiger partial charge < -0.3 is 9.31 Å². The molecule has 0 atom stereocenters. The lowest BCUT2D eigenvalue weighted by atomic mass is 9.89. The molecule has 0 amide bonds. The second kappa shape index (κ2) is 4.41. The number of hydrogen-bond acceptors (Lipinski definition) is 5. The third-order valence-corrected chi connectivity index (χ3v) is 4.91. The SMILES string of the molecule is Cc1cnn(-c2ncc(B3OC(C)(C)C(C)(C)O3)s2)c1. The van der Waals surface area contributed by atoms with Crippen LogP contribution in [-0.4, -0.2) is 33.1 Å². The van der Waals surface area contributed by atoms with Crippen molar-refractivity contribution < 1.29 is 9.31 Å². The van der Waals surface area contributed by atoms with Crippen LogP contribution in [0.3, 0.4) is 0 Å². The fourth-order valence-corrected chi connectivity index (χ4v) is 2.78. The van der Waals surface area contributed by atoms with Gasteiger partial charge >= 0.3 is 7.12 Å². The van der Waals surface area contributed by atoms with Crippen LogP contribution in [0.2, 0.25) is 0 Å². The molecule has 3 heterocycles. The number of aryl methyl sites for hydroxylation is 1. The van der Waals surface area contributed by atoms with Crippen molar-refractivity contribution in [3.05, 3.63) is 24.2 Å². The highest BCUT2D eigenvalue weighted by Gasteiger charge is 2.52. The van der Waals surface area contributed by atoms with Gasteiger partial charge in [-0.2, -0.15) is 5.10 Å². The van der Waals surface area contributed by atoms with Gasteiger partial charge in [-0.15, -0.1) is 11.3 Å². The molecule has 0 bridgehead atoms. The molecule has 0 aromatic carbocycles. The van der Waals surface area contributed by atoms with E-state index in [9.17, 15) is 0 Å². The molecule has 1 aliphatic rings. The smallest absolute Gasteiger partial charge is 0.399 e. The largest absolute Gasteiger partial charge is 0.507 e. The summed E-state index contributed by atoms with van der Waals surface area (Å²) >= 11 is 1.54. The normalized spacial score (nSPS) is 20.6. The van der Waals surface area contributed by atoms with E-state index < -0.39 is 0 Å². The van der Waals surface area contributed by atoms with E-state index in [1.807, 2.05) is 47.0 Å². The summed E-state index contributed by atoms with van der Waals surface area (Å²) in [5.41, 5.74) is 0.450. The molecule has 2 aromatic heterocycles. The molecular formula is C13H18BN3O2S. The molecule has 1 saturated heterocycles. The van der Waals surface area contributed by atoms with Crippen molar-refractivity contribution >= 4 is 23.2 Å². The van der Waals surface area contributed by atoms with E-state index in [0.717, 1.165) is 15.5 Å². The van der Waals surface area contributed by atoms with Crippen molar-refractivity contribution in [3.63, 3.8) is 0 Å². The lowest BCUT2D eigenvalue weighted by Crippen LogP contribution is -2.41. The fourth-order valence-electron chi connectivity index (χ4n) is 1.97. The zero-order valence-corrected chi connectivity index (χ0v) is 13.2. The van der Waals surface area contributed by atoms with E-state index in [-0.39, 0.29) is 18.3 Å². The maximum atomic E-state index is 6.02. The predicted molar refractivity (Wildman–Crippen MR) is 79.7 cm³/mol. The van der Waals surface area contributed by atoms with E-state index in [0.29, 0.717) is 0 Å². The predicted octanol–water partition coefficient (Wildman–Crippen LogP) is 1.94. The quantitative estimate of drug-likeness (QED) is 0.793. The first kappa shape index (κ1) is 13.8. The summed E-state index contributed by atoms with van der Waals surface area (Å²) in [5.74, 6) is 0. The highest BCUT2D eigenvalue weighted by molar-refractivity contribution is 7.24. The number of hydrogen-bond donors (Lipinski definition) is 0. The Morgan fingerprint density at radius 1 is 1.15 bits per heavy atom. The summed E-state index contributed by atoms with van der Waals surface area (Å²) in [6, 6.07) is 0. The van der Waals surface area contributed by atoms with E-state index >= 15 is 0 Å². The molecule has 3 rings (SSSR count). The van der Waals surface area contributed by atoms with Crippen molar-refractivity contribution in [2.24, 2.45) is 0 Å². The topological polar surface area (TPSA) is 49.2 Å². The molecule has 0 saturated carbocycles. The van der Waals surface area contributed by atoms with Crippen molar-refractivity contribution in [2.45, 2.75) is 45.8 Å². The highest BCUT2D eigenvalue weighted by atomic mass is 32.1. The first-order chi connectivity index (χ1) is 9.28. The van der Waals surface area contributed by atoms with Gasteiger partial charge in [0.1, 0.15) is 0 Å². The lowest BCUT2D eigenvalue weighted by Gasteiger charge is -2.32. The van der Waals surface area contributed by atoms with Gasteiger partial charge in [0, 0.05) is 12.4 Å². The Balaban J connectivity index is 1.85. The third kappa shape index (κ3) is 2.19. The highest BCUT2D eigenvalue weighted by Crippen LogP contribution is 2.36. The molecule has 0 radical (unpaired) electrons. The van der Waals surface area contributed by atoms with Gasteiger partial charge in [0.05, 0.1) is 22.2 Å². The Bertz CT molecular complexity index is 619. The van der Waals surface area contributed by atoms with Gasteiger partial charge in [-0.05, 0) is 40.2 Å². The summed E-state index contributed by atoms with van der Waals surface area (Å²) in [5, 5.41) is 5.09. The molecule has 7 heteroatoms. The molecule has 0 spiro atoms. The van der Waals surface area contributed by atoms with Crippen LogP contribution >= 0.6 is 11.3 Å². The van der Waals surface area contributed by atoms with Gasteiger partial charge in [0.15, 0.2) is 0 Å². The first-order valence-corrected chi connectivity index (χ1v) is 7.43. The monoisotopic (exact) mass is 291 g/mol. The Hall–Kier alpha value is -1.18. The van der Waals surface area contributed by atoms with Crippen LogP contribution in [0.15, 0.2) is 18.6 Å². The molecule has 0 unspecified atom stereocenters. The average molecular weight is 291 g/mol. The minimum atomic E-state index is -0.358. The number of aromatic nitrogens is 3. The van der Waals surface area contributed by atoms with Gasteiger partial charge in [-0.1, -0.05) is 0 Å². The zero-order chi connectivity index (χ0) is 14.5. The zero-order valence-electron chi connectivity index (χ0n) is 12.4. The lowest BCUT2D eigenvalue weighted by molar-refractivity contribution is 0.00578. The molecule has 1 aliphatic heterocycles. The minimum Gasteiger partial charge on any atom is -0.399 e. The maximum absolute atomic E-state index is 6.02. The number of thiazole rings is 1. The van der Waals surface area contributed by atoms with E-state index in [1.165, 1.54) is 11.3 Å². The van der Waals surface area contributed by atoms with Crippen LogP contribution in [0.5, 0.6) is 0 Å². The number of nitrogens with zero attached hydrogens (tertiary/aromatic N) is 3. The van der Waals surface area contributed by atoms with Crippen LogP contribution in [0.4, 0.5) is 0 Å². The summed E-state index contributed by atoms with van der Waals surface area (Å²) in [6.45, 7) is 10.2. The average Bonchev–Trinajstić information content (AvgIpc) is 2.98. The van der Waals surface area contributed by atoms with E-state index in [2.05, 4.69) is 10.1 Å². The Morgan fingerprint density at radius 3 is 2.35 bits per heavy atom. The van der Waals surface area contributed by atoms with Crippen molar-refractivity contribution in [3.8, 4) is 5.13 Å².